The molecule has 1 aliphatic heterocycles. The van der Waals surface area contributed by atoms with Crippen LogP contribution in [-0.4, -0.2) is 64.0 Å². The number of halogens is 1. The van der Waals surface area contributed by atoms with Gasteiger partial charge in [0.1, 0.15) is 5.76 Å². The zero-order valence-electron chi connectivity index (χ0n) is 14.7. The molecule has 0 radical (unpaired) electrons. The lowest BCUT2D eigenvalue weighted by Crippen LogP contribution is -2.41. The van der Waals surface area contributed by atoms with Crippen molar-refractivity contribution in [3.05, 3.63) is 24.2 Å². The van der Waals surface area contributed by atoms with Crippen LogP contribution in [0.15, 0.2) is 27.8 Å². The summed E-state index contributed by atoms with van der Waals surface area (Å²) in [6.07, 6.45) is 3.72. The third-order valence-corrected chi connectivity index (χ3v) is 3.93. The van der Waals surface area contributed by atoms with E-state index in [0.717, 1.165) is 57.4 Å². The summed E-state index contributed by atoms with van der Waals surface area (Å²) >= 11 is 0. The molecule has 1 fully saturated rings. The van der Waals surface area contributed by atoms with E-state index >= 15 is 0 Å². The number of nitrogens with one attached hydrogen (secondary N) is 1. The van der Waals surface area contributed by atoms with Crippen molar-refractivity contribution < 1.29 is 13.9 Å². The minimum atomic E-state index is 0. The zero-order valence-corrected chi connectivity index (χ0v) is 17.0. The van der Waals surface area contributed by atoms with Gasteiger partial charge in [0, 0.05) is 45.7 Å². The summed E-state index contributed by atoms with van der Waals surface area (Å²) in [6, 6.07) is 3.92. The van der Waals surface area contributed by atoms with Crippen molar-refractivity contribution in [2.75, 3.05) is 53.1 Å². The molecule has 0 saturated carbocycles. The highest BCUT2D eigenvalue weighted by Gasteiger charge is 2.24. The van der Waals surface area contributed by atoms with Crippen LogP contribution in [0.3, 0.4) is 0 Å². The third kappa shape index (κ3) is 7.40. The minimum absolute atomic E-state index is 0. The van der Waals surface area contributed by atoms with E-state index in [1.807, 2.05) is 19.1 Å². The van der Waals surface area contributed by atoms with Crippen LogP contribution in [0.5, 0.6) is 0 Å². The van der Waals surface area contributed by atoms with Gasteiger partial charge in [0.2, 0.25) is 0 Å². The Morgan fingerprint density at radius 2 is 2.38 bits per heavy atom. The van der Waals surface area contributed by atoms with Crippen LogP contribution in [0.1, 0.15) is 19.1 Å². The Bertz CT molecular complexity index is 454. The Morgan fingerprint density at radius 1 is 1.50 bits per heavy atom. The van der Waals surface area contributed by atoms with E-state index in [0.29, 0.717) is 19.1 Å². The fourth-order valence-electron chi connectivity index (χ4n) is 2.71. The number of rotatable bonds is 9. The van der Waals surface area contributed by atoms with E-state index in [1.54, 1.807) is 13.4 Å². The van der Waals surface area contributed by atoms with Gasteiger partial charge in [0.15, 0.2) is 5.96 Å². The molecule has 6 nitrogen and oxygen atoms in total. The normalized spacial score (nSPS) is 17.8. The molecule has 1 unspecified atom stereocenters. The number of ether oxygens (including phenoxy) is 2. The molecule has 0 aliphatic carbocycles. The van der Waals surface area contributed by atoms with E-state index < -0.39 is 0 Å². The highest BCUT2D eigenvalue weighted by molar-refractivity contribution is 14.0. The highest BCUT2D eigenvalue weighted by Crippen LogP contribution is 2.16. The number of nitrogens with zero attached hydrogens (tertiary/aromatic N) is 2. The monoisotopic (exact) mass is 451 g/mol. The van der Waals surface area contributed by atoms with Gasteiger partial charge in [-0.05, 0) is 25.5 Å². The number of guanidine groups is 1. The second-order valence-electron chi connectivity index (χ2n) is 5.71. The lowest BCUT2D eigenvalue weighted by molar-refractivity contribution is 0.114. The molecule has 7 heteroatoms. The molecule has 138 valence electrons. The van der Waals surface area contributed by atoms with Crippen molar-refractivity contribution in [3.8, 4) is 0 Å². The quantitative estimate of drug-likeness (QED) is 0.271. The molecule has 0 amide bonds. The van der Waals surface area contributed by atoms with Crippen LogP contribution >= 0.6 is 24.0 Å². The van der Waals surface area contributed by atoms with E-state index in [1.165, 1.54) is 0 Å². The van der Waals surface area contributed by atoms with E-state index in [9.17, 15) is 0 Å². The summed E-state index contributed by atoms with van der Waals surface area (Å²) in [7, 11) is 1.70. The van der Waals surface area contributed by atoms with Gasteiger partial charge in [-0.3, -0.25) is 4.99 Å². The number of aliphatic imine (C=N–C) groups is 1. The van der Waals surface area contributed by atoms with Crippen LogP contribution in [0.2, 0.25) is 0 Å². The lowest BCUT2D eigenvalue weighted by Gasteiger charge is -2.22. The maximum atomic E-state index is 5.55. The van der Waals surface area contributed by atoms with E-state index in [2.05, 4.69) is 15.2 Å². The zero-order chi connectivity index (χ0) is 16.3. The molecular formula is C17H30IN3O3. The van der Waals surface area contributed by atoms with E-state index in [4.69, 9.17) is 13.9 Å². The van der Waals surface area contributed by atoms with Crippen LogP contribution < -0.4 is 5.32 Å². The second-order valence-corrected chi connectivity index (χ2v) is 5.71. The van der Waals surface area contributed by atoms with Gasteiger partial charge >= 0.3 is 0 Å². The topological polar surface area (TPSA) is 59.2 Å². The van der Waals surface area contributed by atoms with Gasteiger partial charge in [0.05, 0.1) is 26.0 Å². The maximum absolute atomic E-state index is 5.55. The SMILES string of the molecule is CCOCC1CCN(C(=NCCOC)NCCc2ccco2)C1.I. The van der Waals surface area contributed by atoms with Gasteiger partial charge in [0.25, 0.3) is 0 Å². The first-order valence-corrected chi connectivity index (χ1v) is 8.45. The van der Waals surface area contributed by atoms with Gasteiger partial charge in [-0.2, -0.15) is 0 Å². The smallest absolute Gasteiger partial charge is 0.194 e. The van der Waals surface area contributed by atoms with Crippen LogP contribution in [0.4, 0.5) is 0 Å². The molecule has 1 aromatic rings. The van der Waals surface area contributed by atoms with E-state index in [-0.39, 0.29) is 24.0 Å². The van der Waals surface area contributed by atoms with Gasteiger partial charge in [-0.25, -0.2) is 0 Å². The minimum Gasteiger partial charge on any atom is -0.469 e. The fraction of sp³-hybridized carbons (Fsp3) is 0.706. The largest absolute Gasteiger partial charge is 0.469 e. The molecule has 1 N–H and O–H groups in total. The summed E-state index contributed by atoms with van der Waals surface area (Å²) in [4.78, 5) is 6.98. The van der Waals surface area contributed by atoms with Crippen LogP contribution in [0, 0.1) is 5.92 Å². The van der Waals surface area contributed by atoms with Gasteiger partial charge < -0.3 is 24.1 Å². The summed E-state index contributed by atoms with van der Waals surface area (Å²) in [6.45, 7) is 7.81. The van der Waals surface area contributed by atoms with Gasteiger partial charge in [-0.15, -0.1) is 24.0 Å². The predicted molar refractivity (Wildman–Crippen MR) is 106 cm³/mol. The van der Waals surface area contributed by atoms with Crippen molar-refractivity contribution in [1.29, 1.82) is 0 Å². The Balaban J connectivity index is 0.00000288. The van der Waals surface area contributed by atoms with Crippen LogP contribution in [-0.2, 0) is 15.9 Å². The molecule has 1 atom stereocenters. The molecule has 24 heavy (non-hydrogen) atoms. The maximum Gasteiger partial charge on any atom is 0.194 e. The molecule has 1 aromatic heterocycles. The highest BCUT2D eigenvalue weighted by atomic mass is 127. The van der Waals surface area contributed by atoms with Gasteiger partial charge in [-0.1, -0.05) is 0 Å². The first kappa shape index (κ1) is 21.2. The Labute approximate surface area is 162 Å². The predicted octanol–water partition coefficient (Wildman–Crippen LogP) is 2.39. The molecule has 0 bridgehead atoms. The molecular weight excluding hydrogens is 421 g/mol. The molecule has 2 heterocycles. The van der Waals surface area contributed by atoms with Crippen molar-refractivity contribution in [2.24, 2.45) is 10.9 Å². The summed E-state index contributed by atoms with van der Waals surface area (Å²) in [5, 5.41) is 3.46. The number of hydrogen-bond donors (Lipinski definition) is 1. The summed E-state index contributed by atoms with van der Waals surface area (Å²) < 4.78 is 16.0. The fourth-order valence-corrected chi connectivity index (χ4v) is 2.71. The summed E-state index contributed by atoms with van der Waals surface area (Å²) in [5.41, 5.74) is 0. The van der Waals surface area contributed by atoms with Crippen molar-refractivity contribution in [1.82, 2.24) is 10.2 Å². The second kappa shape index (κ2) is 12.5. The number of methoxy groups -OCH3 is 1. The molecule has 0 aromatic carbocycles. The number of furan rings is 1. The average Bonchev–Trinajstić information content (AvgIpc) is 3.23. The van der Waals surface area contributed by atoms with Crippen molar-refractivity contribution in [3.63, 3.8) is 0 Å². The number of likely N-dealkylation sites (tertiary alicyclic amines) is 1. The number of hydrogen-bond acceptors (Lipinski definition) is 4. The molecule has 2 rings (SSSR count). The molecule has 1 saturated heterocycles. The average molecular weight is 451 g/mol. The first-order chi connectivity index (χ1) is 11.3. The Kier molecular flexibility index (Phi) is 11.1. The third-order valence-electron chi connectivity index (χ3n) is 3.93. The molecule has 1 aliphatic rings. The van der Waals surface area contributed by atoms with Crippen molar-refractivity contribution >= 4 is 29.9 Å². The summed E-state index contributed by atoms with van der Waals surface area (Å²) in [5.74, 6) is 2.55. The van der Waals surface area contributed by atoms with Crippen molar-refractivity contribution in [2.45, 2.75) is 19.8 Å². The van der Waals surface area contributed by atoms with Crippen LogP contribution in [0.25, 0.3) is 0 Å². The Morgan fingerprint density at radius 3 is 3.08 bits per heavy atom. The first-order valence-electron chi connectivity index (χ1n) is 8.45. The molecule has 0 spiro atoms. The Hall–Kier alpha value is -0.800. The standard InChI is InChI=1S/C17H29N3O3.HI/c1-3-22-14-15-7-10-20(13-15)17(19-9-12-21-2)18-8-6-16-5-4-11-23-16;/h4-5,11,15H,3,6-10,12-14H2,1-2H3,(H,18,19);1H. The lowest BCUT2D eigenvalue weighted by atomic mass is 10.1.